The smallest absolute Gasteiger partial charge is 0.469 e. The van der Waals surface area contributed by atoms with Crippen molar-refractivity contribution >= 4 is 34.2 Å². The van der Waals surface area contributed by atoms with Crippen molar-refractivity contribution in [2.45, 2.75) is 45.2 Å². The minimum Gasteiger partial charge on any atom is -0.481 e. The third kappa shape index (κ3) is 15.2. The van der Waals surface area contributed by atoms with Crippen molar-refractivity contribution in [3.8, 4) is 0 Å². The van der Waals surface area contributed by atoms with Crippen molar-refractivity contribution < 1.29 is 67.6 Å². The lowest BCUT2D eigenvalue weighted by Crippen LogP contribution is -2.38. The van der Waals surface area contributed by atoms with Gasteiger partial charge >= 0.3 is 22.4 Å². The van der Waals surface area contributed by atoms with E-state index in [-0.39, 0.29) is 25.5 Å². The van der Waals surface area contributed by atoms with Crippen molar-refractivity contribution in [2.75, 3.05) is 19.8 Å². The van der Waals surface area contributed by atoms with Gasteiger partial charge in [-0.1, -0.05) is 6.92 Å². The first-order chi connectivity index (χ1) is 15.1. The second kappa shape index (κ2) is 15.5. The van der Waals surface area contributed by atoms with Crippen LogP contribution in [0.5, 0.6) is 0 Å². The molecule has 0 aliphatic carbocycles. The summed E-state index contributed by atoms with van der Waals surface area (Å²) in [5.41, 5.74) is 0. The molecule has 1 aliphatic heterocycles. The molecule has 0 saturated carbocycles. The number of nitrogens with zero attached hydrogens (tertiary/aromatic N) is 1. The number of carboxylic acids is 1. The summed E-state index contributed by atoms with van der Waals surface area (Å²) in [6.45, 7) is 2.10. The molecule has 17 heteroatoms. The Bertz CT molecular complexity index is 691. The summed E-state index contributed by atoms with van der Waals surface area (Å²) in [5.74, 6) is -1.83. The number of carboxylic acid groups (broad SMARTS) is 1. The topological polar surface area (TPSA) is 241 Å². The van der Waals surface area contributed by atoms with Crippen LogP contribution in [0.1, 0.15) is 26.7 Å². The summed E-state index contributed by atoms with van der Waals surface area (Å²) >= 11 is 0. The van der Waals surface area contributed by atoms with E-state index in [1.165, 1.54) is 0 Å². The van der Waals surface area contributed by atoms with Crippen molar-refractivity contribution in [1.29, 1.82) is 0 Å². The van der Waals surface area contributed by atoms with Crippen LogP contribution < -0.4 is 0 Å². The number of carbonyl (C=O) groups is 3. The van der Waals surface area contributed by atoms with Crippen LogP contribution in [0, 0.1) is 5.92 Å². The number of phosphoric acid groups is 1. The molecule has 0 aromatic heterocycles. The zero-order valence-electron chi connectivity index (χ0n) is 17.8. The summed E-state index contributed by atoms with van der Waals surface area (Å²) in [5, 5.41) is 26.9. The van der Waals surface area contributed by atoms with Gasteiger partial charge in [0, 0.05) is 18.6 Å². The number of carbonyl (C=O) groups excluding carboxylic acids is 2. The fourth-order valence-corrected chi connectivity index (χ4v) is 2.82. The van der Waals surface area contributed by atoms with Crippen LogP contribution in [0.15, 0.2) is 12.2 Å². The summed E-state index contributed by atoms with van der Waals surface area (Å²) in [4.78, 5) is 68.0. The number of aliphatic carboxylic acids is 1. The first-order valence-corrected chi connectivity index (χ1v) is 12.1. The number of aliphatic hydroxyl groups excluding tert-OH is 2. The van der Waals surface area contributed by atoms with Gasteiger partial charge in [-0.05, 0) is 19.3 Å². The third-order valence-corrected chi connectivity index (χ3v) is 5.04. The van der Waals surface area contributed by atoms with Gasteiger partial charge < -0.3 is 44.2 Å². The number of imide groups is 1. The molecule has 1 aliphatic rings. The van der Waals surface area contributed by atoms with Gasteiger partial charge in [0.15, 0.2) is 6.29 Å². The van der Waals surface area contributed by atoms with Gasteiger partial charge in [-0.25, -0.2) is 4.57 Å². The Morgan fingerprint density at radius 1 is 1.15 bits per heavy atom. The number of hydrogen-bond donors (Lipinski definition) is 7. The van der Waals surface area contributed by atoms with Crippen LogP contribution in [0.3, 0.4) is 0 Å². The summed E-state index contributed by atoms with van der Waals surface area (Å²) in [7, 11) is -7.83. The number of hydrogen-bond acceptors (Lipinski definition) is 11. The first kappa shape index (κ1) is 31.6. The second-order valence-corrected chi connectivity index (χ2v) is 8.71. The molecule has 1 rings (SSSR count). The maximum absolute atomic E-state index is 11.3. The maximum Gasteiger partial charge on any atom is 0.469 e. The molecule has 0 aromatic rings. The Morgan fingerprint density at radius 3 is 2.12 bits per heavy atom. The summed E-state index contributed by atoms with van der Waals surface area (Å²) in [6.07, 6.45) is -1.07. The third-order valence-electron chi connectivity index (χ3n) is 4.10. The molecule has 0 bridgehead atoms. The zero-order valence-corrected chi connectivity index (χ0v) is 19.6. The van der Waals surface area contributed by atoms with Gasteiger partial charge in [0.1, 0.15) is 6.10 Å². The van der Waals surface area contributed by atoms with Gasteiger partial charge in [-0.3, -0.25) is 23.8 Å². The second-order valence-electron chi connectivity index (χ2n) is 6.76. The first-order valence-electron chi connectivity index (χ1n) is 9.41. The highest BCUT2D eigenvalue weighted by Gasteiger charge is 2.29. The molecule has 0 spiro atoms. The average molecular weight is 521 g/mol. The summed E-state index contributed by atoms with van der Waals surface area (Å²) in [6, 6.07) is 0. The molecule has 33 heavy (non-hydrogen) atoms. The molecule has 192 valence electrons. The van der Waals surface area contributed by atoms with Gasteiger partial charge in [-0.15, -0.1) is 0 Å². The van der Waals surface area contributed by atoms with Crippen LogP contribution in [0.25, 0.3) is 0 Å². The lowest BCUT2D eigenvalue weighted by atomic mass is 10.0. The number of ether oxygens (including phenoxy) is 1. The Hall–Kier alpha value is -1.35. The standard InChI is InChI=1S/C9H15NO11P2.C7H14O3/c11-7-1-2-8(12)10(7)3-4-19-9(13)6(21-22(14)15)5-20-23(16,17)18;1-5(6(2)8)3-4-7(9)10/h1-2,6,9,13-15H,3-5H2,(H2,16,17,18);5-6,8H,3-4H2,1-2H3,(H,9,10). The minimum atomic E-state index is -4.87. The van der Waals surface area contributed by atoms with E-state index in [1.807, 2.05) is 6.92 Å². The van der Waals surface area contributed by atoms with E-state index in [0.717, 1.165) is 17.1 Å². The van der Waals surface area contributed by atoms with Gasteiger partial charge in [-0.2, -0.15) is 0 Å². The SMILES string of the molecule is CC(O)C(C)CCC(=O)O.O=C1C=CC(=O)N1CCOC(O)C(COP(=O)(O)O)OP(O)O. The quantitative estimate of drug-likeness (QED) is 0.0809. The molecule has 4 atom stereocenters. The van der Waals surface area contributed by atoms with Crippen LogP contribution in [0.4, 0.5) is 0 Å². The van der Waals surface area contributed by atoms with Crippen molar-refractivity contribution in [2.24, 2.45) is 5.92 Å². The molecule has 0 saturated heterocycles. The van der Waals surface area contributed by atoms with Crippen LogP contribution >= 0.6 is 16.4 Å². The lowest BCUT2D eigenvalue weighted by molar-refractivity contribution is -0.167. The molecule has 0 fully saturated rings. The molecule has 1 heterocycles. The largest absolute Gasteiger partial charge is 0.481 e. The van der Waals surface area contributed by atoms with E-state index in [9.17, 15) is 24.1 Å². The number of amides is 2. The number of rotatable bonds is 14. The highest BCUT2D eigenvalue weighted by atomic mass is 31.2. The van der Waals surface area contributed by atoms with E-state index in [2.05, 4.69) is 9.05 Å². The van der Waals surface area contributed by atoms with Gasteiger partial charge in [0.05, 0.1) is 25.9 Å². The zero-order chi connectivity index (χ0) is 25.8. The van der Waals surface area contributed by atoms with Crippen molar-refractivity contribution in [1.82, 2.24) is 4.90 Å². The van der Waals surface area contributed by atoms with Crippen molar-refractivity contribution in [3.63, 3.8) is 0 Å². The molecule has 4 unspecified atom stereocenters. The van der Waals surface area contributed by atoms with E-state index in [1.54, 1.807) is 6.92 Å². The average Bonchev–Trinajstić information content (AvgIpc) is 3.00. The highest BCUT2D eigenvalue weighted by Crippen LogP contribution is 2.37. The fraction of sp³-hybridized carbons (Fsp3) is 0.688. The fourth-order valence-electron chi connectivity index (χ4n) is 2.07. The van der Waals surface area contributed by atoms with E-state index in [4.69, 9.17) is 34.5 Å². The molecule has 0 radical (unpaired) electrons. The molecule has 0 aromatic carbocycles. The normalized spacial score (nSPS) is 17.5. The van der Waals surface area contributed by atoms with Gasteiger partial charge in [0.2, 0.25) is 0 Å². The predicted molar refractivity (Wildman–Crippen MR) is 110 cm³/mol. The highest BCUT2D eigenvalue weighted by molar-refractivity contribution is 7.46. The van der Waals surface area contributed by atoms with Gasteiger partial charge in [0.25, 0.3) is 11.8 Å². The predicted octanol–water partition coefficient (Wildman–Crippen LogP) is -1.18. The molecular weight excluding hydrogens is 492 g/mol. The van der Waals surface area contributed by atoms with E-state index < -0.39 is 59.3 Å². The molecule has 7 N–H and O–H groups in total. The molecule has 2 amide bonds. The minimum absolute atomic E-state index is 0.0797. The maximum atomic E-state index is 11.3. The Kier molecular flexibility index (Phi) is 14.9. The van der Waals surface area contributed by atoms with E-state index in [0.29, 0.717) is 6.42 Å². The number of aliphatic hydroxyl groups is 2. The van der Waals surface area contributed by atoms with Crippen LogP contribution in [-0.2, 0) is 32.7 Å². The Morgan fingerprint density at radius 2 is 1.70 bits per heavy atom. The summed E-state index contributed by atoms with van der Waals surface area (Å²) < 4.78 is 24.0. The lowest BCUT2D eigenvalue weighted by Gasteiger charge is -2.24. The number of phosphoric ester groups is 1. The molecular formula is C16H29NO14P2. The van der Waals surface area contributed by atoms with E-state index >= 15 is 0 Å². The Balaban J connectivity index is 0.000000861. The monoisotopic (exact) mass is 521 g/mol. The van der Waals surface area contributed by atoms with Crippen LogP contribution in [0.2, 0.25) is 0 Å². The van der Waals surface area contributed by atoms with Crippen LogP contribution in [-0.4, -0.2) is 95.8 Å². The Labute approximate surface area is 190 Å². The van der Waals surface area contributed by atoms with Crippen molar-refractivity contribution in [3.05, 3.63) is 12.2 Å². The molecule has 15 nitrogen and oxygen atoms in total.